The second-order valence-corrected chi connectivity index (χ2v) is 8.81. The topological polar surface area (TPSA) is 44.8 Å². The lowest BCUT2D eigenvalue weighted by Crippen LogP contribution is -2.32. The molecule has 3 aromatic rings. The smallest absolute Gasteiger partial charge is 0.165 e. The molecular weight excluding hydrogens is 372 g/mol. The third-order valence-electron chi connectivity index (χ3n) is 4.95. The highest BCUT2D eigenvalue weighted by Gasteiger charge is 2.15. The number of benzene rings is 1. The summed E-state index contributed by atoms with van der Waals surface area (Å²) in [6.45, 7) is 5.55. The normalized spacial score (nSPS) is 14.3. The van der Waals surface area contributed by atoms with Crippen molar-refractivity contribution in [3.05, 3.63) is 71.3 Å². The number of nitrogens with one attached hydrogen (secondary N) is 1. The van der Waals surface area contributed by atoms with Crippen LogP contribution in [-0.2, 0) is 18.7 Å². The standard InChI is InChI=1S/C21H24N4S2/c1-16-19(15-27-21-23-9-10-24-21)22-8-6-20(16)26-13-12-25-11-7-17-4-2-3-5-18(17)14-25/h2-6,8-10H,7,11-15H2,1H3,(H,23,24). The van der Waals surface area contributed by atoms with Crippen molar-refractivity contribution in [2.45, 2.75) is 35.7 Å². The molecule has 1 aliphatic rings. The first-order valence-electron chi connectivity index (χ1n) is 9.28. The van der Waals surface area contributed by atoms with E-state index in [1.807, 2.05) is 24.2 Å². The van der Waals surface area contributed by atoms with Gasteiger partial charge in [0.25, 0.3) is 0 Å². The lowest BCUT2D eigenvalue weighted by Gasteiger charge is -2.28. The van der Waals surface area contributed by atoms with E-state index in [1.165, 1.54) is 28.0 Å². The first-order chi connectivity index (χ1) is 13.3. The Morgan fingerprint density at radius 3 is 2.81 bits per heavy atom. The monoisotopic (exact) mass is 396 g/mol. The summed E-state index contributed by atoms with van der Waals surface area (Å²) >= 11 is 3.64. The van der Waals surface area contributed by atoms with Crippen molar-refractivity contribution in [2.75, 3.05) is 18.8 Å². The quantitative estimate of drug-likeness (QED) is 0.593. The molecule has 0 saturated carbocycles. The molecule has 0 bridgehead atoms. The molecule has 1 aromatic carbocycles. The molecule has 4 nitrogen and oxygen atoms in total. The van der Waals surface area contributed by atoms with E-state index in [0.717, 1.165) is 42.0 Å². The van der Waals surface area contributed by atoms with E-state index in [9.17, 15) is 0 Å². The van der Waals surface area contributed by atoms with Gasteiger partial charge in [-0.3, -0.25) is 9.88 Å². The summed E-state index contributed by atoms with van der Waals surface area (Å²) in [4.78, 5) is 15.9. The molecule has 0 unspecified atom stereocenters. The van der Waals surface area contributed by atoms with Crippen molar-refractivity contribution < 1.29 is 0 Å². The number of hydrogen-bond donors (Lipinski definition) is 1. The van der Waals surface area contributed by atoms with E-state index in [-0.39, 0.29) is 0 Å². The first kappa shape index (κ1) is 18.6. The highest BCUT2D eigenvalue weighted by molar-refractivity contribution is 7.99. The van der Waals surface area contributed by atoms with E-state index in [0.29, 0.717) is 0 Å². The van der Waals surface area contributed by atoms with Crippen molar-refractivity contribution in [1.82, 2.24) is 19.9 Å². The molecule has 1 N–H and O–H groups in total. The minimum atomic E-state index is 0.844. The van der Waals surface area contributed by atoms with Gasteiger partial charge in [0.2, 0.25) is 0 Å². The summed E-state index contributed by atoms with van der Waals surface area (Å²) in [5.41, 5.74) is 5.45. The molecule has 0 atom stereocenters. The van der Waals surface area contributed by atoms with Gasteiger partial charge in [-0.25, -0.2) is 4.98 Å². The number of pyridine rings is 1. The highest BCUT2D eigenvalue weighted by atomic mass is 32.2. The molecule has 2 aromatic heterocycles. The maximum Gasteiger partial charge on any atom is 0.165 e. The SMILES string of the molecule is Cc1c(SCCN2CCc3ccccc3C2)ccnc1CSc1ncc[nH]1. The number of nitrogens with zero attached hydrogens (tertiary/aromatic N) is 3. The second kappa shape index (κ2) is 8.95. The second-order valence-electron chi connectivity index (χ2n) is 6.71. The number of thioether (sulfide) groups is 2. The van der Waals surface area contributed by atoms with Gasteiger partial charge in [0.15, 0.2) is 5.16 Å². The zero-order valence-corrected chi connectivity index (χ0v) is 17.2. The predicted octanol–water partition coefficient (Wildman–Crippen LogP) is 4.56. The molecule has 6 heteroatoms. The molecule has 0 fully saturated rings. The summed E-state index contributed by atoms with van der Waals surface area (Å²) < 4.78 is 0. The Morgan fingerprint density at radius 2 is 1.96 bits per heavy atom. The molecular formula is C21H24N4S2. The molecule has 0 saturated heterocycles. The number of fused-ring (bicyclic) bond motifs is 1. The van der Waals surface area contributed by atoms with Crippen LogP contribution >= 0.6 is 23.5 Å². The van der Waals surface area contributed by atoms with Gasteiger partial charge >= 0.3 is 0 Å². The fraction of sp³-hybridized carbons (Fsp3) is 0.333. The minimum Gasteiger partial charge on any atom is -0.340 e. The zero-order valence-electron chi connectivity index (χ0n) is 15.5. The van der Waals surface area contributed by atoms with Crippen LogP contribution in [0, 0.1) is 6.92 Å². The van der Waals surface area contributed by atoms with Crippen LogP contribution in [0.3, 0.4) is 0 Å². The van der Waals surface area contributed by atoms with Gasteiger partial charge in [0.1, 0.15) is 0 Å². The number of imidazole rings is 1. The third-order valence-corrected chi connectivity index (χ3v) is 7.01. The number of aromatic nitrogens is 3. The predicted molar refractivity (Wildman–Crippen MR) is 113 cm³/mol. The number of H-pyrrole nitrogens is 1. The number of rotatable bonds is 7. The first-order valence-corrected chi connectivity index (χ1v) is 11.3. The number of hydrogen-bond acceptors (Lipinski definition) is 5. The van der Waals surface area contributed by atoms with Gasteiger partial charge in [-0.2, -0.15) is 0 Å². The minimum absolute atomic E-state index is 0.844. The third kappa shape index (κ3) is 4.75. The Labute approximate surface area is 169 Å². The molecule has 3 heterocycles. The van der Waals surface area contributed by atoms with Crippen molar-refractivity contribution in [3.63, 3.8) is 0 Å². The molecule has 0 aliphatic carbocycles. The molecule has 1 aliphatic heterocycles. The average molecular weight is 397 g/mol. The number of aromatic amines is 1. The average Bonchev–Trinajstić information content (AvgIpc) is 3.22. The Hall–Kier alpha value is -1.76. The van der Waals surface area contributed by atoms with E-state index in [4.69, 9.17) is 0 Å². The summed E-state index contributed by atoms with van der Waals surface area (Å²) in [6, 6.07) is 11.0. The van der Waals surface area contributed by atoms with Gasteiger partial charge in [-0.1, -0.05) is 36.0 Å². The lowest BCUT2D eigenvalue weighted by molar-refractivity contribution is 0.270. The fourth-order valence-corrected chi connectivity index (χ4v) is 5.27. The maximum atomic E-state index is 4.58. The Balaban J connectivity index is 1.30. The summed E-state index contributed by atoms with van der Waals surface area (Å²) in [5, 5.41) is 0.944. The van der Waals surface area contributed by atoms with E-state index >= 15 is 0 Å². The molecule has 140 valence electrons. The van der Waals surface area contributed by atoms with E-state index in [1.54, 1.807) is 18.0 Å². The molecule has 0 amide bonds. The molecule has 0 radical (unpaired) electrons. The van der Waals surface area contributed by atoms with Crippen LogP contribution in [-0.4, -0.2) is 38.7 Å². The molecule has 4 rings (SSSR count). The fourth-order valence-electron chi connectivity index (χ4n) is 3.36. The van der Waals surface area contributed by atoms with E-state index in [2.05, 4.69) is 57.1 Å². The van der Waals surface area contributed by atoms with Crippen LogP contribution in [0.15, 0.2) is 59.0 Å². The van der Waals surface area contributed by atoms with Crippen LogP contribution in [0.1, 0.15) is 22.4 Å². The Bertz CT molecular complexity index is 880. The van der Waals surface area contributed by atoms with Crippen molar-refractivity contribution >= 4 is 23.5 Å². The van der Waals surface area contributed by atoms with Crippen molar-refractivity contribution in [2.24, 2.45) is 0 Å². The Kier molecular flexibility index (Phi) is 6.17. The maximum absolute atomic E-state index is 4.58. The van der Waals surface area contributed by atoms with Gasteiger partial charge in [-0.05, 0) is 36.1 Å². The highest BCUT2D eigenvalue weighted by Crippen LogP contribution is 2.27. The van der Waals surface area contributed by atoms with E-state index < -0.39 is 0 Å². The van der Waals surface area contributed by atoms with Crippen molar-refractivity contribution in [1.29, 1.82) is 0 Å². The summed E-state index contributed by atoms with van der Waals surface area (Å²) in [7, 11) is 0. The van der Waals surface area contributed by atoms with Crippen molar-refractivity contribution in [3.8, 4) is 0 Å². The van der Waals surface area contributed by atoms with Crippen LogP contribution in [0.2, 0.25) is 0 Å². The summed E-state index contributed by atoms with van der Waals surface area (Å²) in [5.74, 6) is 1.95. The van der Waals surface area contributed by atoms with Gasteiger partial charge < -0.3 is 4.98 Å². The van der Waals surface area contributed by atoms with Crippen LogP contribution in [0.4, 0.5) is 0 Å². The molecule has 27 heavy (non-hydrogen) atoms. The molecule has 0 spiro atoms. The van der Waals surface area contributed by atoms with Gasteiger partial charge in [0.05, 0.1) is 5.69 Å². The largest absolute Gasteiger partial charge is 0.340 e. The zero-order chi connectivity index (χ0) is 18.5. The Morgan fingerprint density at radius 1 is 1.07 bits per heavy atom. The lowest BCUT2D eigenvalue weighted by atomic mass is 10.0. The van der Waals surface area contributed by atoms with Crippen LogP contribution in [0.5, 0.6) is 0 Å². The van der Waals surface area contributed by atoms with Gasteiger partial charge in [-0.15, -0.1) is 11.8 Å². The summed E-state index contributed by atoms with van der Waals surface area (Å²) in [6.07, 6.45) is 6.75. The van der Waals surface area contributed by atoms with Crippen LogP contribution in [0.25, 0.3) is 0 Å². The van der Waals surface area contributed by atoms with Crippen LogP contribution < -0.4 is 0 Å². The van der Waals surface area contributed by atoms with Gasteiger partial charge in [0, 0.05) is 54.6 Å².